The lowest BCUT2D eigenvalue weighted by molar-refractivity contribution is 0.581. The Bertz CT molecular complexity index is 537. The SMILES string of the molecule is CSC(C)CNS(=O)(=O)c1cc(Cl)cc(N)c1Br. The fraction of sp³-hybridized carbons (Fsp3) is 0.400. The van der Waals surface area contributed by atoms with Gasteiger partial charge in [-0.3, -0.25) is 0 Å². The van der Waals surface area contributed by atoms with Crippen LogP contribution in [0.15, 0.2) is 21.5 Å². The average Bonchev–Trinajstić information content (AvgIpc) is 2.30. The molecule has 18 heavy (non-hydrogen) atoms. The number of benzene rings is 1. The summed E-state index contributed by atoms with van der Waals surface area (Å²) in [6.45, 7) is 2.29. The Labute approximate surface area is 125 Å². The van der Waals surface area contributed by atoms with Gasteiger partial charge in [0, 0.05) is 22.5 Å². The molecule has 0 saturated heterocycles. The van der Waals surface area contributed by atoms with Gasteiger partial charge in [-0.05, 0) is 34.3 Å². The second kappa shape index (κ2) is 6.47. The summed E-state index contributed by atoms with van der Waals surface area (Å²) in [4.78, 5) is 0.0563. The first-order chi connectivity index (χ1) is 8.27. The summed E-state index contributed by atoms with van der Waals surface area (Å²) >= 11 is 10.6. The molecule has 0 aliphatic carbocycles. The van der Waals surface area contributed by atoms with E-state index in [1.807, 2.05) is 13.2 Å². The fourth-order valence-corrected chi connectivity index (χ4v) is 3.94. The van der Waals surface area contributed by atoms with E-state index in [1.54, 1.807) is 11.8 Å². The first-order valence-electron chi connectivity index (χ1n) is 5.05. The van der Waals surface area contributed by atoms with Crippen molar-refractivity contribution in [1.29, 1.82) is 0 Å². The molecule has 1 rings (SSSR count). The van der Waals surface area contributed by atoms with Gasteiger partial charge in [0.25, 0.3) is 0 Å². The van der Waals surface area contributed by atoms with Gasteiger partial charge in [-0.25, -0.2) is 13.1 Å². The predicted molar refractivity (Wildman–Crippen MR) is 81.7 cm³/mol. The van der Waals surface area contributed by atoms with E-state index < -0.39 is 10.0 Å². The highest BCUT2D eigenvalue weighted by atomic mass is 79.9. The van der Waals surface area contributed by atoms with Crippen LogP contribution in [0.4, 0.5) is 5.69 Å². The van der Waals surface area contributed by atoms with E-state index in [1.165, 1.54) is 12.1 Å². The van der Waals surface area contributed by atoms with E-state index in [9.17, 15) is 8.42 Å². The van der Waals surface area contributed by atoms with E-state index in [0.717, 1.165) is 0 Å². The van der Waals surface area contributed by atoms with Crippen LogP contribution in [-0.2, 0) is 10.0 Å². The number of anilines is 1. The van der Waals surface area contributed by atoms with Gasteiger partial charge in [-0.15, -0.1) is 0 Å². The Morgan fingerprint density at radius 3 is 2.72 bits per heavy atom. The summed E-state index contributed by atoms with van der Waals surface area (Å²) in [5.74, 6) is 0. The van der Waals surface area contributed by atoms with Gasteiger partial charge >= 0.3 is 0 Å². The van der Waals surface area contributed by atoms with Crippen LogP contribution in [0, 0.1) is 0 Å². The molecule has 0 bridgehead atoms. The highest BCUT2D eigenvalue weighted by Gasteiger charge is 2.20. The minimum absolute atomic E-state index is 0.0563. The summed E-state index contributed by atoms with van der Waals surface area (Å²) in [6, 6.07) is 2.86. The number of nitrogen functional groups attached to an aromatic ring is 1. The van der Waals surface area contributed by atoms with Gasteiger partial charge < -0.3 is 5.73 Å². The molecular weight excluding hydrogens is 360 g/mol. The number of thioether (sulfide) groups is 1. The summed E-state index contributed by atoms with van der Waals surface area (Å²) in [5.41, 5.74) is 5.97. The number of halogens is 2. The normalized spacial score (nSPS) is 13.6. The van der Waals surface area contributed by atoms with Gasteiger partial charge in [0.05, 0.1) is 9.37 Å². The second-order valence-corrected chi connectivity index (χ2v) is 7.95. The van der Waals surface area contributed by atoms with E-state index in [-0.39, 0.29) is 15.2 Å². The van der Waals surface area contributed by atoms with E-state index >= 15 is 0 Å². The number of hydrogen-bond donors (Lipinski definition) is 2. The van der Waals surface area contributed by atoms with E-state index in [4.69, 9.17) is 17.3 Å². The smallest absolute Gasteiger partial charge is 0.241 e. The highest BCUT2D eigenvalue weighted by molar-refractivity contribution is 9.10. The third-order valence-corrected chi connectivity index (χ3v) is 6.07. The lowest BCUT2D eigenvalue weighted by Gasteiger charge is -2.13. The summed E-state index contributed by atoms with van der Waals surface area (Å²) < 4.78 is 27.1. The summed E-state index contributed by atoms with van der Waals surface area (Å²) in [7, 11) is -3.62. The van der Waals surface area contributed by atoms with Crippen LogP contribution in [0.1, 0.15) is 6.92 Å². The molecule has 1 aromatic rings. The highest BCUT2D eigenvalue weighted by Crippen LogP contribution is 2.31. The van der Waals surface area contributed by atoms with Crippen LogP contribution in [0.3, 0.4) is 0 Å². The van der Waals surface area contributed by atoms with Crippen molar-refractivity contribution in [3.05, 3.63) is 21.6 Å². The average molecular weight is 374 g/mol. The van der Waals surface area contributed by atoms with Crippen molar-refractivity contribution in [2.75, 3.05) is 18.5 Å². The Hall–Kier alpha value is 0.0500. The number of nitrogens with one attached hydrogen (secondary N) is 1. The lowest BCUT2D eigenvalue weighted by Crippen LogP contribution is -2.29. The largest absolute Gasteiger partial charge is 0.398 e. The van der Waals surface area contributed by atoms with Crippen LogP contribution in [0.2, 0.25) is 5.02 Å². The minimum Gasteiger partial charge on any atom is -0.398 e. The summed E-state index contributed by atoms with van der Waals surface area (Å²) in [5, 5.41) is 0.476. The molecule has 0 heterocycles. The Morgan fingerprint density at radius 1 is 1.56 bits per heavy atom. The Kier molecular flexibility index (Phi) is 5.79. The van der Waals surface area contributed by atoms with Gasteiger partial charge in [-0.2, -0.15) is 11.8 Å². The molecule has 3 N–H and O–H groups in total. The fourth-order valence-electron chi connectivity index (χ4n) is 1.17. The van der Waals surface area contributed by atoms with Crippen LogP contribution >= 0.6 is 39.3 Å². The van der Waals surface area contributed by atoms with E-state index in [2.05, 4.69) is 20.7 Å². The first-order valence-corrected chi connectivity index (χ1v) is 8.99. The molecule has 0 radical (unpaired) electrons. The molecule has 1 aromatic carbocycles. The zero-order valence-electron chi connectivity index (χ0n) is 9.91. The van der Waals surface area contributed by atoms with Gasteiger partial charge in [0.1, 0.15) is 0 Å². The lowest BCUT2D eigenvalue weighted by atomic mass is 10.3. The molecular formula is C10H14BrClN2O2S2. The van der Waals surface area contributed by atoms with Gasteiger partial charge in [-0.1, -0.05) is 18.5 Å². The predicted octanol–water partition coefficient (Wildman–Crippen LogP) is 2.71. The Morgan fingerprint density at radius 2 is 2.17 bits per heavy atom. The van der Waals surface area contributed by atoms with Crippen LogP contribution in [0.5, 0.6) is 0 Å². The number of sulfonamides is 1. The topological polar surface area (TPSA) is 72.2 Å². The van der Waals surface area contributed by atoms with E-state index in [0.29, 0.717) is 16.7 Å². The zero-order valence-corrected chi connectivity index (χ0v) is 13.9. The molecule has 4 nitrogen and oxygen atoms in total. The maximum Gasteiger partial charge on any atom is 0.241 e. The molecule has 1 unspecified atom stereocenters. The first kappa shape index (κ1) is 16.1. The number of rotatable bonds is 5. The molecule has 0 aromatic heterocycles. The summed E-state index contributed by atoms with van der Waals surface area (Å²) in [6.07, 6.45) is 1.92. The van der Waals surface area contributed by atoms with Crippen molar-refractivity contribution >= 4 is 55.0 Å². The van der Waals surface area contributed by atoms with Crippen LogP contribution in [0.25, 0.3) is 0 Å². The monoisotopic (exact) mass is 372 g/mol. The van der Waals surface area contributed by atoms with Crippen LogP contribution in [-0.4, -0.2) is 26.5 Å². The third-order valence-electron chi connectivity index (χ3n) is 2.28. The molecule has 8 heteroatoms. The third kappa shape index (κ3) is 4.03. The zero-order chi connectivity index (χ0) is 13.9. The molecule has 1 atom stereocenters. The molecule has 0 saturated carbocycles. The van der Waals surface area contributed by atoms with Gasteiger partial charge in [0.15, 0.2) is 0 Å². The van der Waals surface area contributed by atoms with Crippen molar-refractivity contribution in [2.45, 2.75) is 17.1 Å². The maximum absolute atomic E-state index is 12.1. The number of nitrogens with two attached hydrogens (primary N) is 1. The molecule has 0 aliphatic rings. The van der Waals surface area contributed by atoms with Crippen molar-refractivity contribution in [1.82, 2.24) is 4.72 Å². The molecule has 0 fully saturated rings. The standard InChI is InChI=1S/C10H14BrClN2O2S2/c1-6(17-2)5-14-18(15,16)9-4-7(12)3-8(13)10(9)11/h3-4,6,14H,5,13H2,1-2H3. The van der Waals surface area contributed by atoms with Crippen molar-refractivity contribution in [3.63, 3.8) is 0 Å². The second-order valence-electron chi connectivity index (χ2n) is 3.71. The van der Waals surface area contributed by atoms with Gasteiger partial charge in [0.2, 0.25) is 10.0 Å². The van der Waals surface area contributed by atoms with Crippen molar-refractivity contribution in [2.24, 2.45) is 0 Å². The molecule has 102 valence electrons. The Balaban J connectivity index is 3.05. The molecule has 0 spiro atoms. The minimum atomic E-state index is -3.62. The molecule has 0 aliphatic heterocycles. The molecule has 0 amide bonds. The van der Waals surface area contributed by atoms with Crippen molar-refractivity contribution in [3.8, 4) is 0 Å². The quantitative estimate of drug-likeness (QED) is 0.778. The maximum atomic E-state index is 12.1. The van der Waals surface area contributed by atoms with Crippen molar-refractivity contribution < 1.29 is 8.42 Å². The number of hydrogen-bond acceptors (Lipinski definition) is 4. The van der Waals surface area contributed by atoms with Crippen LogP contribution < -0.4 is 10.5 Å².